The monoisotopic (exact) mass is 336 g/mol. The molecule has 1 atom stereocenters. The third-order valence-electron chi connectivity index (χ3n) is 3.02. The molecule has 0 aliphatic carbocycles. The summed E-state index contributed by atoms with van der Waals surface area (Å²) in [6, 6.07) is 13.3. The molecule has 2 aromatic carbocycles. The fraction of sp³-hybridized carbons (Fsp3) is 0.133. The summed E-state index contributed by atoms with van der Waals surface area (Å²) >= 11 is 3.07. The van der Waals surface area contributed by atoms with Gasteiger partial charge < -0.3 is 11.1 Å². The summed E-state index contributed by atoms with van der Waals surface area (Å²) in [4.78, 5) is 12.3. The summed E-state index contributed by atoms with van der Waals surface area (Å²) in [5.41, 5.74) is 6.12. The highest BCUT2D eigenvalue weighted by molar-refractivity contribution is 9.10. The van der Waals surface area contributed by atoms with E-state index in [4.69, 9.17) is 5.73 Å². The lowest BCUT2D eigenvalue weighted by molar-refractivity contribution is -0.120. The summed E-state index contributed by atoms with van der Waals surface area (Å²) in [6.45, 7) is 1.64. The maximum atomic E-state index is 13.2. The summed E-state index contributed by atoms with van der Waals surface area (Å²) in [5, 5.41) is 2.69. The number of carbonyl (C=O) groups excluding carboxylic acids is 1. The Balaban J connectivity index is 2.21. The lowest BCUT2D eigenvalue weighted by Crippen LogP contribution is -2.45. The average Bonchev–Trinajstić information content (AvgIpc) is 2.44. The molecule has 0 spiro atoms. The Kier molecular flexibility index (Phi) is 4.20. The van der Waals surface area contributed by atoms with E-state index in [0.717, 1.165) is 0 Å². The molecule has 0 saturated heterocycles. The summed E-state index contributed by atoms with van der Waals surface area (Å²) < 4.78 is 13.4. The van der Waals surface area contributed by atoms with Crippen molar-refractivity contribution >= 4 is 27.5 Å². The molecule has 1 amide bonds. The summed E-state index contributed by atoms with van der Waals surface area (Å²) in [5.74, 6) is -0.747. The maximum absolute atomic E-state index is 13.2. The lowest BCUT2D eigenvalue weighted by atomic mass is 9.92. The zero-order chi connectivity index (χ0) is 14.8. The highest BCUT2D eigenvalue weighted by Gasteiger charge is 2.30. The van der Waals surface area contributed by atoms with Gasteiger partial charge >= 0.3 is 0 Å². The molecule has 20 heavy (non-hydrogen) atoms. The number of halogens is 2. The zero-order valence-electron chi connectivity index (χ0n) is 10.9. The number of rotatable bonds is 3. The standard InChI is InChI=1S/C15H14BrFN2O/c1-15(18,10-5-3-2-4-6-10)14(20)19-11-7-8-13(17)12(16)9-11/h2-9H,18H2,1H3,(H,19,20). The number of carbonyl (C=O) groups is 1. The van der Waals surface area contributed by atoms with Crippen LogP contribution in [0.4, 0.5) is 10.1 Å². The van der Waals surface area contributed by atoms with Crippen molar-refractivity contribution in [3.05, 3.63) is 64.4 Å². The molecule has 0 radical (unpaired) electrons. The van der Waals surface area contributed by atoms with Crippen LogP contribution in [0, 0.1) is 5.82 Å². The Morgan fingerprint density at radius 2 is 1.90 bits per heavy atom. The van der Waals surface area contributed by atoms with Crippen LogP contribution in [-0.2, 0) is 10.3 Å². The SMILES string of the molecule is CC(N)(C(=O)Nc1ccc(F)c(Br)c1)c1ccccc1. The first-order valence-corrected chi connectivity index (χ1v) is 6.81. The second-order valence-corrected chi connectivity index (χ2v) is 5.51. The van der Waals surface area contributed by atoms with Crippen LogP contribution < -0.4 is 11.1 Å². The summed E-state index contributed by atoms with van der Waals surface area (Å²) in [7, 11) is 0. The smallest absolute Gasteiger partial charge is 0.248 e. The van der Waals surface area contributed by atoms with Gasteiger partial charge in [-0.15, -0.1) is 0 Å². The van der Waals surface area contributed by atoms with Gasteiger partial charge in [0, 0.05) is 5.69 Å². The van der Waals surface area contributed by atoms with Gasteiger partial charge in [0.2, 0.25) is 5.91 Å². The van der Waals surface area contributed by atoms with Gasteiger partial charge in [-0.1, -0.05) is 30.3 Å². The number of anilines is 1. The van der Waals surface area contributed by atoms with E-state index in [2.05, 4.69) is 21.2 Å². The van der Waals surface area contributed by atoms with Crippen LogP contribution in [0.15, 0.2) is 53.0 Å². The van der Waals surface area contributed by atoms with Crippen molar-refractivity contribution in [3.8, 4) is 0 Å². The zero-order valence-corrected chi connectivity index (χ0v) is 12.4. The van der Waals surface area contributed by atoms with E-state index in [1.54, 1.807) is 19.1 Å². The van der Waals surface area contributed by atoms with Crippen molar-refractivity contribution in [2.75, 3.05) is 5.32 Å². The number of hydrogen-bond acceptors (Lipinski definition) is 2. The maximum Gasteiger partial charge on any atom is 0.248 e. The number of benzene rings is 2. The van der Waals surface area contributed by atoms with Gasteiger partial charge in [0.25, 0.3) is 0 Å². The van der Waals surface area contributed by atoms with Crippen molar-refractivity contribution in [1.29, 1.82) is 0 Å². The van der Waals surface area contributed by atoms with Gasteiger partial charge in [-0.2, -0.15) is 0 Å². The normalized spacial score (nSPS) is 13.6. The molecule has 3 nitrogen and oxygen atoms in total. The lowest BCUT2D eigenvalue weighted by Gasteiger charge is -2.24. The molecule has 3 N–H and O–H groups in total. The van der Waals surface area contributed by atoms with Gasteiger partial charge in [0.1, 0.15) is 11.4 Å². The highest BCUT2D eigenvalue weighted by atomic mass is 79.9. The first kappa shape index (κ1) is 14.7. The molecule has 0 aliphatic rings. The van der Waals surface area contributed by atoms with E-state index >= 15 is 0 Å². The molecule has 5 heteroatoms. The van der Waals surface area contributed by atoms with Gasteiger partial charge in [0.15, 0.2) is 0 Å². The van der Waals surface area contributed by atoms with E-state index in [0.29, 0.717) is 11.3 Å². The van der Waals surface area contributed by atoms with Crippen LogP contribution in [0.1, 0.15) is 12.5 Å². The van der Waals surface area contributed by atoms with E-state index in [1.807, 2.05) is 18.2 Å². The fourth-order valence-electron chi connectivity index (χ4n) is 1.75. The molecule has 0 aliphatic heterocycles. The molecule has 0 aromatic heterocycles. The van der Waals surface area contributed by atoms with Crippen molar-refractivity contribution in [1.82, 2.24) is 0 Å². The Morgan fingerprint density at radius 1 is 1.25 bits per heavy atom. The molecule has 1 unspecified atom stereocenters. The van der Waals surface area contributed by atoms with Crippen LogP contribution in [0.2, 0.25) is 0 Å². The van der Waals surface area contributed by atoms with Gasteiger partial charge in [-0.25, -0.2) is 4.39 Å². The Hall–Kier alpha value is -1.72. The largest absolute Gasteiger partial charge is 0.324 e. The van der Waals surface area contributed by atoms with Crippen molar-refractivity contribution in [2.24, 2.45) is 5.73 Å². The summed E-state index contributed by atoms with van der Waals surface area (Å²) in [6.07, 6.45) is 0. The Morgan fingerprint density at radius 3 is 2.50 bits per heavy atom. The van der Waals surface area contributed by atoms with Crippen LogP contribution in [0.25, 0.3) is 0 Å². The Labute approximate surface area is 125 Å². The van der Waals surface area contributed by atoms with Crippen molar-refractivity contribution in [3.63, 3.8) is 0 Å². The molecule has 0 fully saturated rings. The molecule has 2 aromatic rings. The first-order valence-electron chi connectivity index (χ1n) is 6.02. The van der Waals surface area contributed by atoms with Gasteiger partial charge in [0.05, 0.1) is 4.47 Å². The van der Waals surface area contributed by atoms with Crippen LogP contribution in [0.3, 0.4) is 0 Å². The van der Waals surface area contributed by atoms with E-state index in [-0.39, 0.29) is 16.2 Å². The predicted molar refractivity (Wildman–Crippen MR) is 80.7 cm³/mol. The van der Waals surface area contributed by atoms with Crippen LogP contribution in [0.5, 0.6) is 0 Å². The third-order valence-corrected chi connectivity index (χ3v) is 3.63. The van der Waals surface area contributed by atoms with Gasteiger partial charge in [-0.3, -0.25) is 4.79 Å². The van der Waals surface area contributed by atoms with Crippen LogP contribution >= 0.6 is 15.9 Å². The number of nitrogens with two attached hydrogens (primary N) is 1. The fourth-order valence-corrected chi connectivity index (χ4v) is 2.13. The van der Waals surface area contributed by atoms with Gasteiger partial charge in [-0.05, 0) is 46.6 Å². The molecule has 0 bridgehead atoms. The minimum absolute atomic E-state index is 0.286. The quantitative estimate of drug-likeness (QED) is 0.902. The first-order chi connectivity index (χ1) is 9.41. The second-order valence-electron chi connectivity index (χ2n) is 4.65. The number of amides is 1. The van der Waals surface area contributed by atoms with E-state index < -0.39 is 5.54 Å². The Bertz CT molecular complexity index is 629. The highest BCUT2D eigenvalue weighted by Crippen LogP contribution is 2.23. The van der Waals surface area contributed by atoms with E-state index in [1.165, 1.54) is 18.2 Å². The molecular weight excluding hydrogens is 323 g/mol. The molecule has 0 heterocycles. The second kappa shape index (κ2) is 5.73. The van der Waals surface area contributed by atoms with Crippen molar-refractivity contribution in [2.45, 2.75) is 12.5 Å². The number of hydrogen-bond donors (Lipinski definition) is 2. The molecule has 0 saturated carbocycles. The average molecular weight is 337 g/mol. The number of nitrogens with one attached hydrogen (secondary N) is 1. The minimum Gasteiger partial charge on any atom is -0.324 e. The molecule has 104 valence electrons. The minimum atomic E-state index is -1.16. The topological polar surface area (TPSA) is 55.1 Å². The third kappa shape index (κ3) is 3.05. The van der Waals surface area contributed by atoms with Crippen molar-refractivity contribution < 1.29 is 9.18 Å². The molecular formula is C15H14BrFN2O. The predicted octanol–water partition coefficient (Wildman–Crippen LogP) is 3.40. The van der Waals surface area contributed by atoms with E-state index in [9.17, 15) is 9.18 Å². The molecule has 2 rings (SSSR count). The van der Waals surface area contributed by atoms with Crippen LogP contribution in [-0.4, -0.2) is 5.91 Å².